The highest BCUT2D eigenvalue weighted by Gasteiger charge is 2.36. The van der Waals surface area contributed by atoms with Gasteiger partial charge in [-0.15, -0.1) is 11.6 Å². The molecular weight excluding hydrogens is 273 g/mol. The summed E-state index contributed by atoms with van der Waals surface area (Å²) in [6.07, 6.45) is -7.75. The molecule has 0 spiro atoms. The molecule has 1 aromatic rings. The molecule has 0 fully saturated rings. The van der Waals surface area contributed by atoms with Crippen molar-refractivity contribution in [2.24, 2.45) is 0 Å². The number of aliphatic hydroxyl groups excluding tert-OH is 2. The highest BCUT2D eigenvalue weighted by molar-refractivity contribution is 6.18. The number of hydrogen-bond acceptors (Lipinski definition) is 3. The van der Waals surface area contributed by atoms with Gasteiger partial charge in [0.1, 0.15) is 12.4 Å². The topological polar surface area (TPSA) is 57.5 Å². The van der Waals surface area contributed by atoms with Gasteiger partial charge in [0.2, 0.25) is 0 Å². The second-order valence-corrected chi connectivity index (χ2v) is 3.94. The molecule has 0 aliphatic heterocycles. The van der Waals surface area contributed by atoms with Crippen LogP contribution in [0, 0.1) is 0 Å². The second-order valence-electron chi connectivity index (χ2n) is 3.63. The van der Waals surface area contributed by atoms with Crippen molar-refractivity contribution in [3.05, 3.63) is 34.9 Å². The van der Waals surface area contributed by atoms with E-state index >= 15 is 0 Å². The molecule has 0 saturated heterocycles. The summed E-state index contributed by atoms with van der Waals surface area (Å²) in [5.41, 5.74) is -1.84. The Morgan fingerprint density at radius 2 is 1.94 bits per heavy atom. The number of carbonyl (C=O) groups excluding carboxylic acids is 1. The Morgan fingerprint density at radius 1 is 1.33 bits per heavy atom. The van der Waals surface area contributed by atoms with Gasteiger partial charge < -0.3 is 10.2 Å². The van der Waals surface area contributed by atoms with Gasteiger partial charge in [0.05, 0.1) is 17.5 Å². The molecule has 0 saturated carbocycles. The summed E-state index contributed by atoms with van der Waals surface area (Å²) < 4.78 is 38.3. The highest BCUT2D eigenvalue weighted by Crippen LogP contribution is 2.36. The maximum Gasteiger partial charge on any atom is 0.416 e. The third-order valence-electron chi connectivity index (χ3n) is 2.36. The summed E-state index contributed by atoms with van der Waals surface area (Å²) in [4.78, 5) is 10.5. The van der Waals surface area contributed by atoms with Crippen molar-refractivity contribution in [3.63, 3.8) is 0 Å². The summed E-state index contributed by atoms with van der Waals surface area (Å²) >= 11 is 5.27. The van der Waals surface area contributed by atoms with Crippen LogP contribution in [0.4, 0.5) is 13.2 Å². The number of benzene rings is 1. The van der Waals surface area contributed by atoms with Gasteiger partial charge >= 0.3 is 6.18 Å². The molecule has 0 heterocycles. The first-order chi connectivity index (χ1) is 8.31. The van der Waals surface area contributed by atoms with Crippen LogP contribution in [0.1, 0.15) is 27.6 Å². The number of alkyl halides is 4. The molecule has 0 aliphatic rings. The lowest BCUT2D eigenvalue weighted by atomic mass is 9.97. The summed E-state index contributed by atoms with van der Waals surface area (Å²) in [7, 11) is 0. The Bertz CT molecular complexity index is 434. The van der Waals surface area contributed by atoms with Crippen LogP contribution >= 0.6 is 11.6 Å². The lowest BCUT2D eigenvalue weighted by Crippen LogP contribution is -2.23. The summed E-state index contributed by atoms with van der Waals surface area (Å²) in [6, 6.07) is 2.70. The van der Waals surface area contributed by atoms with Crippen LogP contribution in [0.5, 0.6) is 0 Å². The minimum Gasteiger partial charge on any atom is -0.389 e. The fraction of sp³-hybridized carbons (Fsp3) is 0.364. The monoisotopic (exact) mass is 282 g/mol. The molecule has 2 atom stereocenters. The van der Waals surface area contributed by atoms with E-state index in [2.05, 4.69) is 0 Å². The van der Waals surface area contributed by atoms with Gasteiger partial charge in [0.15, 0.2) is 0 Å². The van der Waals surface area contributed by atoms with Crippen LogP contribution < -0.4 is 0 Å². The third kappa shape index (κ3) is 3.22. The van der Waals surface area contributed by atoms with E-state index in [4.69, 9.17) is 11.6 Å². The van der Waals surface area contributed by atoms with Crippen molar-refractivity contribution in [2.75, 3.05) is 5.88 Å². The number of aldehydes is 1. The van der Waals surface area contributed by atoms with Gasteiger partial charge in [0, 0.05) is 5.56 Å². The molecule has 0 aliphatic carbocycles. The Labute approximate surface area is 106 Å². The van der Waals surface area contributed by atoms with Gasteiger partial charge in [0.25, 0.3) is 0 Å². The Hall–Kier alpha value is -1.11. The van der Waals surface area contributed by atoms with E-state index in [1.807, 2.05) is 0 Å². The average molecular weight is 283 g/mol. The third-order valence-corrected chi connectivity index (χ3v) is 2.68. The van der Waals surface area contributed by atoms with Crippen LogP contribution in [-0.4, -0.2) is 28.5 Å². The molecule has 0 bridgehead atoms. The van der Waals surface area contributed by atoms with Gasteiger partial charge in [-0.2, -0.15) is 13.2 Å². The molecule has 1 aromatic carbocycles. The number of aliphatic hydroxyl groups is 2. The Kier molecular flexibility index (Phi) is 4.72. The van der Waals surface area contributed by atoms with Crippen LogP contribution in [0.15, 0.2) is 18.2 Å². The lowest BCUT2D eigenvalue weighted by Gasteiger charge is -2.20. The van der Waals surface area contributed by atoms with E-state index in [1.54, 1.807) is 0 Å². The molecule has 7 heteroatoms. The SMILES string of the molecule is O=Cc1ccc(C(O)C(O)CCl)c(C(F)(F)F)c1. The van der Waals surface area contributed by atoms with E-state index in [0.29, 0.717) is 6.07 Å². The van der Waals surface area contributed by atoms with Crippen molar-refractivity contribution < 1.29 is 28.2 Å². The van der Waals surface area contributed by atoms with E-state index in [9.17, 15) is 28.2 Å². The number of carbonyl (C=O) groups is 1. The van der Waals surface area contributed by atoms with E-state index < -0.39 is 35.4 Å². The second kappa shape index (κ2) is 5.69. The van der Waals surface area contributed by atoms with Gasteiger partial charge in [-0.25, -0.2) is 0 Å². The number of halogens is 4. The molecule has 100 valence electrons. The van der Waals surface area contributed by atoms with Gasteiger partial charge in [-0.1, -0.05) is 12.1 Å². The van der Waals surface area contributed by atoms with Crippen LogP contribution in [0.2, 0.25) is 0 Å². The van der Waals surface area contributed by atoms with Crippen LogP contribution in [0.25, 0.3) is 0 Å². The first-order valence-electron chi connectivity index (χ1n) is 4.89. The van der Waals surface area contributed by atoms with Crippen molar-refractivity contribution in [3.8, 4) is 0 Å². The molecule has 2 unspecified atom stereocenters. The Balaban J connectivity index is 3.30. The van der Waals surface area contributed by atoms with Crippen LogP contribution in [0.3, 0.4) is 0 Å². The van der Waals surface area contributed by atoms with Crippen molar-refractivity contribution in [1.29, 1.82) is 0 Å². The summed E-state index contributed by atoms with van der Waals surface area (Å²) in [5, 5.41) is 18.9. The Morgan fingerprint density at radius 3 is 2.39 bits per heavy atom. The number of hydrogen-bond donors (Lipinski definition) is 2. The minimum atomic E-state index is -4.73. The van der Waals surface area contributed by atoms with Gasteiger partial charge in [-0.05, 0) is 11.6 Å². The molecule has 3 nitrogen and oxygen atoms in total. The minimum absolute atomic E-state index is 0.168. The fourth-order valence-electron chi connectivity index (χ4n) is 1.44. The lowest BCUT2D eigenvalue weighted by molar-refractivity contribution is -0.139. The molecule has 18 heavy (non-hydrogen) atoms. The van der Waals surface area contributed by atoms with Crippen molar-refractivity contribution in [1.82, 2.24) is 0 Å². The van der Waals surface area contributed by atoms with E-state index in [1.165, 1.54) is 0 Å². The molecule has 0 radical (unpaired) electrons. The van der Waals surface area contributed by atoms with Crippen LogP contribution in [-0.2, 0) is 6.18 Å². The zero-order valence-corrected chi connectivity index (χ0v) is 9.74. The quantitative estimate of drug-likeness (QED) is 0.657. The standard InChI is InChI=1S/C11H10ClF3O3/c12-4-9(17)10(18)7-2-1-6(5-16)3-8(7)11(13,14)15/h1-3,5,9-10,17-18H,4H2. The first kappa shape index (κ1) is 14.9. The zero-order valence-electron chi connectivity index (χ0n) is 8.99. The molecule has 1 rings (SSSR count). The average Bonchev–Trinajstić information content (AvgIpc) is 2.35. The molecular formula is C11H10ClF3O3. The summed E-state index contributed by atoms with van der Waals surface area (Å²) in [5.74, 6) is -0.409. The largest absolute Gasteiger partial charge is 0.416 e. The normalized spacial score (nSPS) is 15.2. The zero-order chi connectivity index (χ0) is 13.9. The first-order valence-corrected chi connectivity index (χ1v) is 5.43. The number of rotatable bonds is 4. The summed E-state index contributed by atoms with van der Waals surface area (Å²) in [6.45, 7) is 0. The maximum atomic E-state index is 12.8. The predicted molar refractivity (Wildman–Crippen MR) is 58.5 cm³/mol. The smallest absolute Gasteiger partial charge is 0.389 e. The van der Waals surface area contributed by atoms with Gasteiger partial charge in [-0.3, -0.25) is 4.79 Å². The van der Waals surface area contributed by atoms with Crippen molar-refractivity contribution in [2.45, 2.75) is 18.4 Å². The molecule has 0 amide bonds. The van der Waals surface area contributed by atoms with E-state index in [0.717, 1.165) is 12.1 Å². The fourth-order valence-corrected chi connectivity index (χ4v) is 1.61. The highest BCUT2D eigenvalue weighted by atomic mass is 35.5. The van der Waals surface area contributed by atoms with E-state index in [-0.39, 0.29) is 11.8 Å². The molecule has 2 N–H and O–H groups in total. The maximum absolute atomic E-state index is 12.8. The van der Waals surface area contributed by atoms with Crippen molar-refractivity contribution >= 4 is 17.9 Å². The predicted octanol–water partition coefficient (Wildman–Crippen LogP) is 2.15. The molecule has 0 aromatic heterocycles.